The van der Waals surface area contributed by atoms with Gasteiger partial charge in [0, 0.05) is 18.5 Å². The predicted octanol–water partition coefficient (Wildman–Crippen LogP) is 3.85. The first-order valence-corrected chi connectivity index (χ1v) is 14.2. The predicted molar refractivity (Wildman–Crippen MR) is 156 cm³/mol. The fraction of sp³-hybridized carbons (Fsp3) is 0.548. The van der Waals surface area contributed by atoms with E-state index in [4.69, 9.17) is 9.72 Å². The first kappa shape index (κ1) is 29.7. The highest BCUT2D eigenvalue weighted by molar-refractivity contribution is 5.90. The highest BCUT2D eigenvalue weighted by Crippen LogP contribution is 2.26. The van der Waals surface area contributed by atoms with Crippen LogP contribution in [0.15, 0.2) is 36.4 Å². The van der Waals surface area contributed by atoms with Crippen molar-refractivity contribution >= 4 is 34.8 Å². The van der Waals surface area contributed by atoms with Crippen LogP contribution in [-0.4, -0.2) is 70.9 Å². The van der Waals surface area contributed by atoms with Crippen LogP contribution in [0.1, 0.15) is 71.7 Å². The van der Waals surface area contributed by atoms with Crippen LogP contribution >= 0.6 is 0 Å². The molecule has 40 heavy (non-hydrogen) atoms. The monoisotopic (exact) mass is 549 g/mol. The van der Waals surface area contributed by atoms with Gasteiger partial charge < -0.3 is 10.1 Å². The van der Waals surface area contributed by atoms with Crippen molar-refractivity contribution in [2.45, 2.75) is 78.6 Å². The van der Waals surface area contributed by atoms with Crippen LogP contribution in [0.2, 0.25) is 0 Å². The van der Waals surface area contributed by atoms with E-state index in [1.807, 2.05) is 45.2 Å². The third-order valence-electron chi connectivity index (χ3n) is 7.67. The molecule has 0 saturated carbocycles. The summed E-state index contributed by atoms with van der Waals surface area (Å²) >= 11 is 0. The summed E-state index contributed by atoms with van der Waals surface area (Å²) < 4.78 is 5.79. The maximum atomic E-state index is 13.4. The molecular formula is C31H43N5O4. The second kappa shape index (κ2) is 12.1. The molecule has 9 nitrogen and oxygen atoms in total. The molecule has 0 spiro atoms. The number of hydrazine groups is 1. The fourth-order valence-corrected chi connectivity index (χ4v) is 5.63. The van der Waals surface area contributed by atoms with E-state index in [1.54, 1.807) is 13.8 Å². The molecule has 5 bridgehead atoms. The van der Waals surface area contributed by atoms with Crippen molar-refractivity contribution < 1.29 is 19.1 Å². The highest BCUT2D eigenvalue weighted by Gasteiger charge is 2.35. The number of esters is 1. The molecule has 4 rings (SSSR count). The average molecular weight is 550 g/mol. The molecule has 2 aromatic rings. The minimum Gasteiger partial charge on any atom is -0.455 e. The number of likely N-dealkylation sites (N-methyl/N-ethyl adjacent to an activating group) is 1. The molecule has 2 N–H and O–H groups in total. The zero-order valence-corrected chi connectivity index (χ0v) is 24.7. The number of amides is 2. The van der Waals surface area contributed by atoms with E-state index in [1.165, 1.54) is 5.01 Å². The number of nitrogens with one attached hydrogen (secondary N) is 2. The number of hydrogen-bond acceptors (Lipinski definition) is 7. The molecule has 1 fully saturated rings. The lowest BCUT2D eigenvalue weighted by molar-refractivity contribution is -0.157. The van der Waals surface area contributed by atoms with Crippen molar-refractivity contribution in [2.24, 2.45) is 11.3 Å². The number of nitrogens with zero attached hydrogens (tertiary/aromatic N) is 3. The number of carbonyl (C=O) groups is 3. The van der Waals surface area contributed by atoms with Gasteiger partial charge in [0.05, 0.1) is 17.3 Å². The van der Waals surface area contributed by atoms with Crippen LogP contribution < -0.4 is 10.7 Å². The van der Waals surface area contributed by atoms with Gasteiger partial charge in [0.1, 0.15) is 18.2 Å². The SMILES string of the molecule is CC(C)[C@H]1C(=O)N[C@@H](C)C(=O)N2CCC[C@H](N2)C(=O)O[C@H](C)c2ccc3ccc(cc3n2)C=CC(C)(C)CN1C. The maximum absolute atomic E-state index is 13.4. The van der Waals surface area contributed by atoms with Gasteiger partial charge in [0.25, 0.3) is 5.91 Å². The quantitative estimate of drug-likeness (QED) is 0.521. The van der Waals surface area contributed by atoms with Gasteiger partial charge in [-0.2, -0.15) is 0 Å². The van der Waals surface area contributed by atoms with Crippen molar-refractivity contribution in [1.82, 2.24) is 25.6 Å². The van der Waals surface area contributed by atoms with Gasteiger partial charge >= 0.3 is 5.97 Å². The standard InChI is InChI=1S/C31H43N5O4/c1-19(2)27-28(37)32-20(3)29(38)36-16-8-9-25(34-36)30(39)40-21(4)24-13-12-23-11-10-22(17-26(23)33-24)14-15-31(5,6)18-35(27)7/h10-15,17,19-21,25,27,34H,8-9,16,18H2,1-7H3,(H,32,37)/t20-,21+,25-,27-/m0/s1. The molecule has 1 aromatic carbocycles. The zero-order valence-electron chi connectivity index (χ0n) is 24.7. The van der Waals surface area contributed by atoms with Gasteiger partial charge in [-0.05, 0) is 62.8 Å². The topological polar surface area (TPSA) is 104 Å². The second-order valence-electron chi connectivity index (χ2n) is 12.2. The van der Waals surface area contributed by atoms with E-state index in [2.05, 4.69) is 47.7 Å². The number of carbonyl (C=O) groups excluding carboxylic acids is 3. The van der Waals surface area contributed by atoms with Crippen molar-refractivity contribution in [3.8, 4) is 0 Å². The Morgan fingerprint density at radius 3 is 2.55 bits per heavy atom. The van der Waals surface area contributed by atoms with Gasteiger partial charge in [0.2, 0.25) is 5.91 Å². The second-order valence-corrected chi connectivity index (χ2v) is 12.2. The summed E-state index contributed by atoms with van der Waals surface area (Å²) in [5.41, 5.74) is 5.30. The third kappa shape index (κ3) is 6.88. The minimum atomic E-state index is -0.757. The number of rotatable bonds is 1. The Labute approximate surface area is 237 Å². The van der Waals surface area contributed by atoms with Crippen molar-refractivity contribution in [3.63, 3.8) is 0 Å². The molecule has 0 radical (unpaired) electrons. The average Bonchev–Trinajstić information content (AvgIpc) is 2.90. The van der Waals surface area contributed by atoms with Gasteiger partial charge in [-0.25, -0.2) is 10.4 Å². The third-order valence-corrected chi connectivity index (χ3v) is 7.67. The van der Waals surface area contributed by atoms with Crippen molar-refractivity contribution in [2.75, 3.05) is 20.1 Å². The van der Waals surface area contributed by atoms with E-state index in [9.17, 15) is 14.4 Å². The molecule has 0 aliphatic carbocycles. The fourth-order valence-electron chi connectivity index (χ4n) is 5.63. The lowest BCUT2D eigenvalue weighted by Gasteiger charge is -2.37. The summed E-state index contributed by atoms with van der Waals surface area (Å²) in [6.45, 7) is 12.9. The molecule has 3 heterocycles. The van der Waals surface area contributed by atoms with Crippen LogP contribution in [0.4, 0.5) is 0 Å². The van der Waals surface area contributed by atoms with Crippen LogP contribution in [0.3, 0.4) is 0 Å². The molecule has 216 valence electrons. The molecular weight excluding hydrogens is 506 g/mol. The molecule has 2 amide bonds. The number of aromatic nitrogens is 1. The summed E-state index contributed by atoms with van der Waals surface area (Å²) in [7, 11) is 1.95. The van der Waals surface area contributed by atoms with E-state index >= 15 is 0 Å². The zero-order chi connectivity index (χ0) is 29.2. The van der Waals surface area contributed by atoms with Crippen LogP contribution in [0.5, 0.6) is 0 Å². The summed E-state index contributed by atoms with van der Waals surface area (Å²) in [5.74, 6) is -0.884. The Morgan fingerprint density at radius 1 is 1.10 bits per heavy atom. The number of pyridine rings is 1. The lowest BCUT2D eigenvalue weighted by Crippen LogP contribution is -2.61. The molecule has 4 atom stereocenters. The Bertz CT molecular complexity index is 1290. The van der Waals surface area contributed by atoms with Crippen LogP contribution in [-0.2, 0) is 19.1 Å². The maximum Gasteiger partial charge on any atom is 0.325 e. The largest absolute Gasteiger partial charge is 0.455 e. The van der Waals surface area contributed by atoms with Crippen molar-refractivity contribution in [1.29, 1.82) is 0 Å². The van der Waals surface area contributed by atoms with E-state index in [-0.39, 0.29) is 23.1 Å². The summed E-state index contributed by atoms with van der Waals surface area (Å²) in [4.78, 5) is 46.7. The Hall–Kier alpha value is -3.30. The number of fused-ring (bicyclic) bond motifs is 4. The number of benzene rings is 1. The van der Waals surface area contributed by atoms with E-state index < -0.39 is 30.2 Å². The summed E-state index contributed by atoms with van der Waals surface area (Å²) in [6.07, 6.45) is 4.87. The van der Waals surface area contributed by atoms with E-state index in [0.29, 0.717) is 31.6 Å². The van der Waals surface area contributed by atoms with Gasteiger partial charge in [-0.1, -0.05) is 58.0 Å². The van der Waals surface area contributed by atoms with Gasteiger partial charge in [-0.3, -0.25) is 24.3 Å². The highest BCUT2D eigenvalue weighted by atomic mass is 16.5. The minimum absolute atomic E-state index is 0.0312. The Kier molecular flexibility index (Phi) is 8.95. The lowest BCUT2D eigenvalue weighted by atomic mass is 9.89. The van der Waals surface area contributed by atoms with Crippen molar-refractivity contribution in [3.05, 3.63) is 47.7 Å². The number of cyclic esters (lactones) is 1. The molecule has 0 unspecified atom stereocenters. The molecule has 1 saturated heterocycles. The smallest absolute Gasteiger partial charge is 0.325 e. The molecule has 2 aliphatic heterocycles. The summed E-state index contributed by atoms with van der Waals surface area (Å²) in [6, 6.07) is 8.16. The summed E-state index contributed by atoms with van der Waals surface area (Å²) in [5, 5.41) is 5.36. The van der Waals surface area contributed by atoms with Gasteiger partial charge in [0.15, 0.2) is 0 Å². The van der Waals surface area contributed by atoms with Crippen LogP contribution in [0.25, 0.3) is 17.0 Å². The number of hydrogen-bond donors (Lipinski definition) is 2. The van der Waals surface area contributed by atoms with Gasteiger partial charge in [-0.15, -0.1) is 0 Å². The van der Waals surface area contributed by atoms with E-state index in [0.717, 1.165) is 16.5 Å². The molecule has 2 aliphatic rings. The normalized spacial score (nSPS) is 27.1. The Balaban J connectivity index is 1.70. The number of ether oxygens (including phenoxy) is 1. The molecule has 1 aromatic heterocycles. The first-order valence-electron chi connectivity index (χ1n) is 14.2. The molecule has 9 heteroatoms. The Morgan fingerprint density at radius 2 is 1.82 bits per heavy atom. The van der Waals surface area contributed by atoms with Crippen LogP contribution in [0, 0.1) is 11.3 Å². The first-order chi connectivity index (χ1) is 18.8.